The summed E-state index contributed by atoms with van der Waals surface area (Å²) in [7, 11) is 5.72. The summed E-state index contributed by atoms with van der Waals surface area (Å²) < 4.78 is 0.578. The van der Waals surface area contributed by atoms with Gasteiger partial charge in [-0.15, -0.1) is 0 Å². The molecule has 0 saturated carbocycles. The Morgan fingerprint density at radius 2 is 1.29 bits per heavy atom. The van der Waals surface area contributed by atoms with Gasteiger partial charge in [0.15, 0.2) is 0 Å². The van der Waals surface area contributed by atoms with E-state index in [1.165, 1.54) is 0 Å². The van der Waals surface area contributed by atoms with E-state index < -0.39 is 36.2 Å². The van der Waals surface area contributed by atoms with Crippen molar-refractivity contribution in [2.45, 2.75) is 24.7 Å². The molecule has 10 nitrogen and oxygen atoms in total. The molecule has 10 heteroatoms. The summed E-state index contributed by atoms with van der Waals surface area (Å²) >= 11 is 0. The number of aliphatic carboxylic acids is 3. The summed E-state index contributed by atoms with van der Waals surface area (Å²) in [6, 6.07) is 0. The summed E-state index contributed by atoms with van der Waals surface area (Å²) in [4.78, 5) is 29.4. The molecule has 0 aromatic carbocycles. The molecule has 0 rings (SSSR count). The van der Waals surface area contributed by atoms with Crippen molar-refractivity contribution < 1.29 is 49.5 Å². The Labute approximate surface area is 121 Å². The summed E-state index contributed by atoms with van der Waals surface area (Å²) in [5.41, 5.74) is 0. The first-order chi connectivity index (χ1) is 9.27. The SMILES string of the molecule is C[N+](C)(C)C[C@H](O)CC(=O)O.O=C([O-])[C@H](O)[C@@H](O)C(=O)[O-]. The van der Waals surface area contributed by atoms with Gasteiger partial charge in [-0.05, 0) is 0 Å². The van der Waals surface area contributed by atoms with Crippen LogP contribution >= 0.6 is 0 Å². The molecule has 0 aromatic heterocycles. The highest BCUT2D eigenvalue weighted by Gasteiger charge is 2.18. The van der Waals surface area contributed by atoms with Gasteiger partial charge in [0.25, 0.3) is 0 Å². The summed E-state index contributed by atoms with van der Waals surface area (Å²) in [6.07, 6.45) is -5.79. The maximum absolute atomic E-state index is 10.1. The number of rotatable bonds is 7. The first-order valence-electron chi connectivity index (χ1n) is 5.76. The number of likely N-dealkylation sites (N-methyl/N-ethyl adjacent to an activating group) is 1. The Balaban J connectivity index is 0. The second-order valence-corrected chi connectivity index (χ2v) is 5.25. The number of quaternary nitrogens is 1. The molecule has 0 heterocycles. The lowest BCUT2D eigenvalue weighted by Gasteiger charge is -2.25. The van der Waals surface area contributed by atoms with Crippen LogP contribution in [0.25, 0.3) is 0 Å². The lowest BCUT2D eigenvalue weighted by molar-refractivity contribution is -0.873. The number of aliphatic hydroxyl groups is 3. The van der Waals surface area contributed by atoms with Crippen LogP contribution in [0.5, 0.6) is 0 Å². The van der Waals surface area contributed by atoms with E-state index in [1.54, 1.807) is 0 Å². The standard InChI is InChI=1S/C7H15NO3.C4H6O6/c1-8(2,3)5-6(9)4-7(10)11;5-1(3(7)8)2(6)4(9)10/h6,9H,4-5H2,1-3H3;1-2,5-6H,(H,7,8)(H,9,10)/p-1/t6-;1-,2-/m11/s1. The minimum absolute atomic E-state index is 0.171. The lowest BCUT2D eigenvalue weighted by Crippen LogP contribution is -2.51. The average Bonchev–Trinajstić information content (AvgIpc) is 2.23. The second-order valence-electron chi connectivity index (χ2n) is 5.25. The molecule has 21 heavy (non-hydrogen) atoms. The van der Waals surface area contributed by atoms with Crippen molar-refractivity contribution in [2.75, 3.05) is 27.7 Å². The van der Waals surface area contributed by atoms with Gasteiger partial charge in [-0.25, -0.2) is 0 Å². The number of hydrogen-bond acceptors (Lipinski definition) is 8. The Bertz CT molecular complexity index is 345. The Morgan fingerprint density at radius 1 is 0.952 bits per heavy atom. The van der Waals surface area contributed by atoms with Crippen LogP contribution in [-0.2, 0) is 14.4 Å². The average molecular weight is 310 g/mol. The van der Waals surface area contributed by atoms with Gasteiger partial charge >= 0.3 is 5.97 Å². The number of hydrogen-bond donors (Lipinski definition) is 4. The molecular formula is C11H20NO9-. The molecule has 0 amide bonds. The molecule has 4 N–H and O–H groups in total. The number of aliphatic hydroxyl groups excluding tert-OH is 3. The highest BCUT2D eigenvalue weighted by atomic mass is 16.4. The zero-order valence-electron chi connectivity index (χ0n) is 11.9. The molecule has 0 spiro atoms. The van der Waals surface area contributed by atoms with Crippen molar-refractivity contribution in [3.05, 3.63) is 0 Å². The van der Waals surface area contributed by atoms with Crippen molar-refractivity contribution in [1.29, 1.82) is 0 Å². The molecule has 0 bridgehead atoms. The van der Waals surface area contributed by atoms with Gasteiger partial charge in [0.1, 0.15) is 24.9 Å². The third-order valence-corrected chi connectivity index (χ3v) is 1.95. The predicted octanol–water partition coefficient (Wildman–Crippen LogP) is -5.26. The van der Waals surface area contributed by atoms with Crippen LogP contribution in [0.4, 0.5) is 0 Å². The van der Waals surface area contributed by atoms with Gasteiger partial charge in [0.05, 0.1) is 39.5 Å². The first-order valence-corrected chi connectivity index (χ1v) is 5.76. The van der Waals surface area contributed by atoms with E-state index in [2.05, 4.69) is 0 Å². The molecule has 0 radical (unpaired) electrons. The van der Waals surface area contributed by atoms with E-state index in [-0.39, 0.29) is 6.42 Å². The van der Waals surface area contributed by atoms with Gasteiger partial charge in [-0.2, -0.15) is 0 Å². The van der Waals surface area contributed by atoms with Crippen LogP contribution in [0.3, 0.4) is 0 Å². The zero-order valence-corrected chi connectivity index (χ0v) is 11.9. The zero-order chi connectivity index (χ0) is 17.4. The Hall–Kier alpha value is -1.75. The second kappa shape index (κ2) is 9.23. The quantitative estimate of drug-likeness (QED) is 0.334. The van der Waals surface area contributed by atoms with E-state index >= 15 is 0 Å². The van der Waals surface area contributed by atoms with Crippen molar-refractivity contribution in [3.8, 4) is 0 Å². The summed E-state index contributed by atoms with van der Waals surface area (Å²) in [6.45, 7) is 0.465. The molecule has 0 aliphatic rings. The highest BCUT2D eigenvalue weighted by molar-refractivity contribution is 5.80. The fourth-order valence-electron chi connectivity index (χ4n) is 1.16. The van der Waals surface area contributed by atoms with E-state index in [0.29, 0.717) is 11.0 Å². The van der Waals surface area contributed by atoms with Crippen LogP contribution < -0.4 is 10.2 Å². The third-order valence-electron chi connectivity index (χ3n) is 1.95. The van der Waals surface area contributed by atoms with Crippen LogP contribution in [0.1, 0.15) is 6.42 Å². The molecule has 0 unspecified atom stereocenters. The molecule has 0 aliphatic carbocycles. The molecule has 124 valence electrons. The number of carbonyl (C=O) groups is 3. The molecule has 0 saturated heterocycles. The Morgan fingerprint density at radius 3 is 1.48 bits per heavy atom. The van der Waals surface area contributed by atoms with Crippen molar-refractivity contribution >= 4 is 17.9 Å². The van der Waals surface area contributed by atoms with Crippen LogP contribution in [-0.4, -0.2) is 88.8 Å². The molecular weight excluding hydrogens is 290 g/mol. The van der Waals surface area contributed by atoms with E-state index in [0.717, 1.165) is 0 Å². The van der Waals surface area contributed by atoms with Crippen molar-refractivity contribution in [3.63, 3.8) is 0 Å². The van der Waals surface area contributed by atoms with Gasteiger partial charge < -0.3 is 44.7 Å². The lowest BCUT2D eigenvalue weighted by atomic mass is 10.2. The molecule has 0 aliphatic heterocycles. The number of carboxylic acid groups (broad SMARTS) is 3. The van der Waals surface area contributed by atoms with Crippen LogP contribution in [0, 0.1) is 0 Å². The van der Waals surface area contributed by atoms with Gasteiger partial charge in [0.2, 0.25) is 0 Å². The van der Waals surface area contributed by atoms with E-state index in [9.17, 15) is 24.6 Å². The maximum atomic E-state index is 10.1. The topological polar surface area (TPSA) is 178 Å². The fourth-order valence-corrected chi connectivity index (χ4v) is 1.16. The van der Waals surface area contributed by atoms with E-state index in [4.69, 9.17) is 20.4 Å². The maximum Gasteiger partial charge on any atom is 0.306 e. The molecule has 3 atom stereocenters. The molecule has 0 aromatic rings. The van der Waals surface area contributed by atoms with Gasteiger partial charge in [0, 0.05) is 0 Å². The molecule has 0 fully saturated rings. The first kappa shape index (κ1) is 21.5. The number of carbonyl (C=O) groups excluding carboxylic acids is 2. The van der Waals surface area contributed by atoms with Crippen molar-refractivity contribution in [1.82, 2.24) is 0 Å². The monoisotopic (exact) mass is 310 g/mol. The smallest absolute Gasteiger partial charge is 0.306 e. The van der Waals surface area contributed by atoms with Crippen LogP contribution in [0.2, 0.25) is 0 Å². The van der Waals surface area contributed by atoms with Crippen LogP contribution in [0.15, 0.2) is 0 Å². The van der Waals surface area contributed by atoms with E-state index in [1.807, 2.05) is 21.1 Å². The summed E-state index contributed by atoms with van der Waals surface area (Å²) in [5.74, 6) is -5.07. The minimum Gasteiger partial charge on any atom is -0.547 e. The third kappa shape index (κ3) is 13.0. The van der Waals surface area contributed by atoms with Crippen molar-refractivity contribution in [2.24, 2.45) is 0 Å². The van der Waals surface area contributed by atoms with Gasteiger partial charge in [-0.3, -0.25) is 4.79 Å². The summed E-state index contributed by atoms with van der Waals surface area (Å²) in [5, 5.41) is 53.2. The number of nitrogens with zero attached hydrogens (tertiary/aromatic N) is 1. The highest BCUT2D eigenvalue weighted by Crippen LogP contribution is 1.98. The fraction of sp³-hybridized carbons (Fsp3) is 0.727. The number of carboxylic acids is 3. The Kier molecular flexibility index (Phi) is 9.47. The largest absolute Gasteiger partial charge is 0.547 e. The van der Waals surface area contributed by atoms with Gasteiger partial charge in [-0.1, -0.05) is 0 Å². The normalized spacial score (nSPS) is 15.1. The predicted molar refractivity (Wildman–Crippen MR) is 63.2 cm³/mol. The minimum atomic E-state index is -2.44.